The van der Waals surface area contributed by atoms with Crippen molar-refractivity contribution < 1.29 is 9.53 Å². The van der Waals surface area contributed by atoms with E-state index < -0.39 is 0 Å². The number of nitrogens with zero attached hydrogens (tertiary/aromatic N) is 2. The van der Waals surface area contributed by atoms with E-state index in [9.17, 15) is 4.79 Å². The Morgan fingerprint density at radius 2 is 2.08 bits per heavy atom. The van der Waals surface area contributed by atoms with Crippen LogP contribution in [0.5, 0.6) is 0 Å². The fourth-order valence-electron chi connectivity index (χ4n) is 3.05. The minimum absolute atomic E-state index is 0.220. The molecule has 2 heterocycles. The highest BCUT2D eigenvalue weighted by Crippen LogP contribution is 2.35. The normalized spacial score (nSPS) is 11.0. The van der Waals surface area contributed by atoms with Crippen LogP contribution in [0, 0.1) is 6.92 Å². The molecule has 5 heteroatoms. The predicted octanol–water partition coefficient (Wildman–Crippen LogP) is 4.31. The fraction of sp³-hybridized carbons (Fsp3) is 0.263. The Kier molecular flexibility index (Phi) is 4.58. The molecule has 0 unspecified atom stereocenters. The Morgan fingerprint density at radius 1 is 1.29 bits per heavy atom. The number of pyridine rings is 1. The van der Waals surface area contributed by atoms with E-state index in [0.717, 1.165) is 33.4 Å². The van der Waals surface area contributed by atoms with Gasteiger partial charge in [-0.15, -0.1) is 0 Å². The molecule has 0 fully saturated rings. The molecule has 0 aliphatic heterocycles. The summed E-state index contributed by atoms with van der Waals surface area (Å²) < 4.78 is 6.92. The third-order valence-electron chi connectivity index (χ3n) is 4.26. The van der Waals surface area contributed by atoms with Crippen LogP contribution in [-0.2, 0) is 23.0 Å². The summed E-state index contributed by atoms with van der Waals surface area (Å²) in [5.74, 6) is -0.220. The van der Waals surface area contributed by atoms with Gasteiger partial charge in [-0.3, -0.25) is 9.78 Å². The monoisotopic (exact) mass is 342 g/mol. The quantitative estimate of drug-likeness (QED) is 0.664. The van der Waals surface area contributed by atoms with E-state index in [-0.39, 0.29) is 5.97 Å². The maximum atomic E-state index is 11.6. The molecule has 1 aromatic carbocycles. The molecule has 3 rings (SSSR count). The SMILES string of the molecule is COC(=O)CCc1c(-c2ccc(C)nc2)n(C)c2ccc(Cl)cc12. The van der Waals surface area contributed by atoms with E-state index in [0.29, 0.717) is 17.9 Å². The number of aromatic nitrogens is 2. The van der Waals surface area contributed by atoms with E-state index >= 15 is 0 Å². The average Bonchev–Trinajstić information content (AvgIpc) is 2.85. The second-order valence-corrected chi connectivity index (χ2v) is 6.25. The zero-order valence-electron chi connectivity index (χ0n) is 14.0. The minimum Gasteiger partial charge on any atom is -0.469 e. The number of carbonyl (C=O) groups excluding carboxylic acids is 1. The molecular formula is C19H19ClN2O2. The number of esters is 1. The van der Waals surface area contributed by atoms with Crippen molar-refractivity contribution >= 4 is 28.5 Å². The van der Waals surface area contributed by atoms with Gasteiger partial charge in [-0.05, 0) is 49.2 Å². The number of ether oxygens (including phenoxy) is 1. The zero-order valence-corrected chi connectivity index (χ0v) is 14.7. The summed E-state index contributed by atoms with van der Waals surface area (Å²) in [6.07, 6.45) is 2.79. The maximum absolute atomic E-state index is 11.6. The Hall–Kier alpha value is -2.33. The van der Waals surface area contributed by atoms with Gasteiger partial charge in [-0.1, -0.05) is 11.6 Å². The number of hydrogen-bond donors (Lipinski definition) is 0. The van der Waals surface area contributed by atoms with Crippen LogP contribution in [0.2, 0.25) is 5.02 Å². The van der Waals surface area contributed by atoms with E-state index in [1.807, 2.05) is 44.4 Å². The van der Waals surface area contributed by atoms with Crippen LogP contribution in [0.4, 0.5) is 0 Å². The van der Waals surface area contributed by atoms with Gasteiger partial charge in [0.15, 0.2) is 0 Å². The second kappa shape index (κ2) is 6.65. The molecule has 0 atom stereocenters. The van der Waals surface area contributed by atoms with Crippen molar-refractivity contribution in [3.05, 3.63) is 52.8 Å². The summed E-state index contributed by atoms with van der Waals surface area (Å²) in [6, 6.07) is 9.88. The van der Waals surface area contributed by atoms with Crippen molar-refractivity contribution in [1.29, 1.82) is 0 Å². The van der Waals surface area contributed by atoms with Gasteiger partial charge in [-0.2, -0.15) is 0 Å². The molecule has 0 saturated heterocycles. The van der Waals surface area contributed by atoms with Crippen LogP contribution in [-0.4, -0.2) is 22.6 Å². The molecule has 0 radical (unpaired) electrons. The van der Waals surface area contributed by atoms with Crippen molar-refractivity contribution in [2.24, 2.45) is 7.05 Å². The van der Waals surface area contributed by atoms with Gasteiger partial charge >= 0.3 is 5.97 Å². The lowest BCUT2D eigenvalue weighted by molar-refractivity contribution is -0.140. The van der Waals surface area contributed by atoms with Crippen molar-refractivity contribution in [2.45, 2.75) is 19.8 Å². The van der Waals surface area contributed by atoms with Crippen molar-refractivity contribution in [3.8, 4) is 11.3 Å². The van der Waals surface area contributed by atoms with E-state index in [2.05, 4.69) is 15.6 Å². The number of methoxy groups -OCH3 is 1. The summed E-state index contributed by atoms with van der Waals surface area (Å²) in [5.41, 5.74) is 5.22. The number of carbonyl (C=O) groups is 1. The second-order valence-electron chi connectivity index (χ2n) is 5.81. The maximum Gasteiger partial charge on any atom is 0.305 e. The summed E-state index contributed by atoms with van der Waals surface area (Å²) in [4.78, 5) is 16.0. The van der Waals surface area contributed by atoms with E-state index in [4.69, 9.17) is 16.3 Å². The first kappa shape index (κ1) is 16.5. The molecular weight excluding hydrogens is 324 g/mol. The largest absolute Gasteiger partial charge is 0.469 e. The molecule has 2 aromatic heterocycles. The number of hydrogen-bond acceptors (Lipinski definition) is 3. The highest BCUT2D eigenvalue weighted by Gasteiger charge is 2.18. The third kappa shape index (κ3) is 3.02. The number of aryl methyl sites for hydroxylation is 3. The van der Waals surface area contributed by atoms with E-state index in [1.54, 1.807) is 0 Å². The molecule has 0 bridgehead atoms. The summed E-state index contributed by atoms with van der Waals surface area (Å²) in [6.45, 7) is 1.96. The first-order valence-electron chi connectivity index (χ1n) is 7.78. The zero-order chi connectivity index (χ0) is 17.3. The molecule has 3 aromatic rings. The summed E-state index contributed by atoms with van der Waals surface area (Å²) in [7, 11) is 3.43. The molecule has 0 amide bonds. The van der Waals surface area contributed by atoms with Crippen LogP contribution in [0.3, 0.4) is 0 Å². The molecule has 0 saturated carbocycles. The average molecular weight is 343 g/mol. The Morgan fingerprint density at radius 3 is 2.75 bits per heavy atom. The molecule has 4 nitrogen and oxygen atoms in total. The van der Waals surface area contributed by atoms with Crippen LogP contribution in [0.25, 0.3) is 22.2 Å². The number of benzene rings is 1. The highest BCUT2D eigenvalue weighted by atomic mass is 35.5. The van der Waals surface area contributed by atoms with Crippen LogP contribution in [0.1, 0.15) is 17.7 Å². The van der Waals surface area contributed by atoms with E-state index in [1.165, 1.54) is 7.11 Å². The third-order valence-corrected chi connectivity index (χ3v) is 4.49. The lowest BCUT2D eigenvalue weighted by Gasteiger charge is -2.08. The molecule has 0 aliphatic carbocycles. The first-order chi connectivity index (χ1) is 11.5. The van der Waals surface area contributed by atoms with Gasteiger partial charge in [0, 0.05) is 46.8 Å². The van der Waals surface area contributed by atoms with Crippen molar-refractivity contribution in [1.82, 2.24) is 9.55 Å². The Bertz CT molecular complexity index is 898. The van der Waals surface area contributed by atoms with Crippen molar-refractivity contribution in [2.75, 3.05) is 7.11 Å². The number of fused-ring (bicyclic) bond motifs is 1. The highest BCUT2D eigenvalue weighted by molar-refractivity contribution is 6.31. The van der Waals surface area contributed by atoms with Crippen LogP contribution < -0.4 is 0 Å². The Balaban J connectivity index is 2.20. The Labute approximate surface area is 146 Å². The van der Waals surface area contributed by atoms with Gasteiger partial charge in [0.1, 0.15) is 0 Å². The van der Waals surface area contributed by atoms with Crippen LogP contribution >= 0.6 is 11.6 Å². The lowest BCUT2D eigenvalue weighted by atomic mass is 10.0. The van der Waals surface area contributed by atoms with Gasteiger partial charge < -0.3 is 9.30 Å². The molecule has 124 valence electrons. The van der Waals surface area contributed by atoms with Crippen molar-refractivity contribution in [3.63, 3.8) is 0 Å². The molecule has 0 N–H and O–H groups in total. The van der Waals surface area contributed by atoms with Gasteiger partial charge in [0.2, 0.25) is 0 Å². The smallest absolute Gasteiger partial charge is 0.305 e. The van der Waals surface area contributed by atoms with Gasteiger partial charge in [-0.25, -0.2) is 0 Å². The first-order valence-corrected chi connectivity index (χ1v) is 8.15. The van der Waals surface area contributed by atoms with Gasteiger partial charge in [0.05, 0.1) is 12.8 Å². The number of halogens is 1. The van der Waals surface area contributed by atoms with Gasteiger partial charge in [0.25, 0.3) is 0 Å². The number of rotatable bonds is 4. The molecule has 24 heavy (non-hydrogen) atoms. The summed E-state index contributed by atoms with van der Waals surface area (Å²) in [5, 5.41) is 1.74. The molecule has 0 aliphatic rings. The molecule has 0 spiro atoms. The van der Waals surface area contributed by atoms with Crippen LogP contribution in [0.15, 0.2) is 36.5 Å². The minimum atomic E-state index is -0.220. The standard InChI is InChI=1S/C19H19ClN2O2/c1-12-4-5-13(11-21-12)19-15(7-9-18(23)24-3)16-10-14(20)6-8-17(16)22(19)2/h4-6,8,10-11H,7,9H2,1-3H3. The predicted molar refractivity (Wildman–Crippen MR) is 96.2 cm³/mol. The fourth-order valence-corrected chi connectivity index (χ4v) is 3.22. The topological polar surface area (TPSA) is 44.1 Å². The lowest BCUT2D eigenvalue weighted by Crippen LogP contribution is -2.03. The summed E-state index contributed by atoms with van der Waals surface area (Å²) >= 11 is 6.20.